The Morgan fingerprint density at radius 2 is 0.889 bits per heavy atom. The molecule has 0 aliphatic heterocycles. The van der Waals surface area contributed by atoms with E-state index in [1.807, 2.05) is 52.0 Å². The van der Waals surface area contributed by atoms with Gasteiger partial charge in [0.2, 0.25) is 0 Å². The fraction of sp³-hybridized carbons (Fsp3) is 0.250. The van der Waals surface area contributed by atoms with E-state index in [-0.39, 0.29) is 46.8 Å². The summed E-state index contributed by atoms with van der Waals surface area (Å²) in [5.41, 5.74) is 7.28. The van der Waals surface area contributed by atoms with Crippen molar-refractivity contribution in [3.8, 4) is 0 Å². The van der Waals surface area contributed by atoms with Gasteiger partial charge in [-0.1, -0.05) is 47.5 Å². The van der Waals surface area contributed by atoms with Crippen molar-refractivity contribution in [3.05, 3.63) is 117 Å². The van der Waals surface area contributed by atoms with Crippen LogP contribution < -0.4 is 0 Å². The number of ketones is 4. The number of allylic oxidation sites excluding steroid dienone is 8. The van der Waals surface area contributed by atoms with Crippen LogP contribution in [-0.4, -0.2) is 23.1 Å². The van der Waals surface area contributed by atoms with Gasteiger partial charge < -0.3 is 0 Å². The summed E-state index contributed by atoms with van der Waals surface area (Å²) in [7, 11) is 0. The van der Waals surface area contributed by atoms with Crippen LogP contribution in [0.25, 0.3) is 0 Å². The van der Waals surface area contributed by atoms with Crippen LogP contribution in [0.5, 0.6) is 0 Å². The molecule has 0 atom stereocenters. The van der Waals surface area contributed by atoms with Crippen molar-refractivity contribution in [1.29, 1.82) is 0 Å². The van der Waals surface area contributed by atoms with E-state index in [2.05, 4.69) is 12.1 Å². The summed E-state index contributed by atoms with van der Waals surface area (Å²) in [4.78, 5) is 51.2. The maximum Gasteiger partial charge on any atom is 0.182 e. The molecule has 3 aliphatic rings. The van der Waals surface area contributed by atoms with Gasteiger partial charge in [-0.3, -0.25) is 19.2 Å². The number of carbonyl (C=O) groups is 4. The lowest BCUT2D eigenvalue weighted by molar-refractivity contribution is -0.116. The second kappa shape index (κ2) is 8.94. The molecule has 5 rings (SSSR count). The van der Waals surface area contributed by atoms with Crippen molar-refractivity contribution < 1.29 is 19.2 Å². The minimum Gasteiger partial charge on any atom is -0.290 e. The number of aryl methyl sites for hydroxylation is 4. The smallest absolute Gasteiger partial charge is 0.182 e. The molecular weight excluding hydrogens is 448 g/mol. The molecule has 4 heteroatoms. The van der Waals surface area contributed by atoms with E-state index in [9.17, 15) is 19.2 Å². The van der Waals surface area contributed by atoms with E-state index in [0.29, 0.717) is 11.1 Å². The quantitative estimate of drug-likeness (QED) is 0.562. The first kappa shape index (κ1) is 23.8. The third-order valence-corrected chi connectivity index (χ3v) is 7.82. The average Bonchev–Trinajstić information content (AvgIpc) is 2.82. The lowest BCUT2D eigenvalue weighted by Gasteiger charge is -2.55. The van der Waals surface area contributed by atoms with E-state index in [4.69, 9.17) is 0 Å². The van der Waals surface area contributed by atoms with Gasteiger partial charge in [0, 0.05) is 23.0 Å². The zero-order valence-corrected chi connectivity index (χ0v) is 20.9. The summed E-state index contributed by atoms with van der Waals surface area (Å²) in [6, 6.07) is 12.4. The second-order valence-corrected chi connectivity index (χ2v) is 10.2. The fourth-order valence-corrected chi connectivity index (χ4v) is 6.11. The molecule has 3 aliphatic carbocycles. The average molecular weight is 477 g/mol. The van der Waals surface area contributed by atoms with Crippen LogP contribution in [0.1, 0.15) is 45.2 Å². The molecule has 0 amide bonds. The Labute approximate surface area is 211 Å². The lowest BCUT2D eigenvalue weighted by Crippen LogP contribution is -2.48. The molecule has 4 nitrogen and oxygen atoms in total. The monoisotopic (exact) mass is 476 g/mol. The molecule has 180 valence electrons. The topological polar surface area (TPSA) is 68.3 Å². The third kappa shape index (κ3) is 3.97. The van der Waals surface area contributed by atoms with E-state index in [1.54, 1.807) is 0 Å². The van der Waals surface area contributed by atoms with Crippen LogP contribution >= 0.6 is 0 Å². The van der Waals surface area contributed by atoms with Crippen molar-refractivity contribution in [3.63, 3.8) is 0 Å². The first-order valence-electron chi connectivity index (χ1n) is 12.3. The molecule has 1 saturated carbocycles. The van der Waals surface area contributed by atoms with Gasteiger partial charge in [0.05, 0.1) is 0 Å². The zero-order valence-electron chi connectivity index (χ0n) is 20.9. The van der Waals surface area contributed by atoms with Gasteiger partial charge in [0.15, 0.2) is 23.1 Å². The Morgan fingerprint density at radius 1 is 0.500 bits per heavy atom. The Balaban J connectivity index is 1.78. The highest BCUT2D eigenvalue weighted by Crippen LogP contribution is 2.64. The Hall–Kier alpha value is -3.92. The number of rotatable bonds is 4. The highest BCUT2D eigenvalue weighted by molar-refractivity contribution is 6.19. The van der Waals surface area contributed by atoms with Crippen molar-refractivity contribution in [1.82, 2.24) is 0 Å². The van der Waals surface area contributed by atoms with Crippen molar-refractivity contribution in [2.75, 3.05) is 0 Å². The third-order valence-electron chi connectivity index (χ3n) is 7.82. The van der Waals surface area contributed by atoms with Crippen molar-refractivity contribution in [2.24, 2.45) is 11.8 Å². The largest absolute Gasteiger partial charge is 0.290 e. The molecule has 1 fully saturated rings. The molecule has 0 unspecified atom stereocenters. The summed E-state index contributed by atoms with van der Waals surface area (Å²) >= 11 is 0. The molecule has 2 aromatic rings. The molecule has 2 aromatic carbocycles. The predicted octanol–water partition coefficient (Wildman–Crippen LogP) is 5.30. The number of carbonyl (C=O) groups excluding carboxylic acids is 4. The molecule has 36 heavy (non-hydrogen) atoms. The van der Waals surface area contributed by atoms with Gasteiger partial charge in [-0.25, -0.2) is 0 Å². The van der Waals surface area contributed by atoms with Crippen LogP contribution in [0.3, 0.4) is 0 Å². The minimum absolute atomic E-state index is 0.177. The maximum absolute atomic E-state index is 13.2. The van der Waals surface area contributed by atoms with Gasteiger partial charge in [0.25, 0.3) is 0 Å². The SMILES string of the molecule is Cc1ccc(C)c(C2C(C3=CC(=O)C=CC3=O)C(c3cc(C)ccc3C)C2C2=CC(=O)C=CC2=O)c1. The highest BCUT2D eigenvalue weighted by atomic mass is 16.1. The molecule has 0 saturated heterocycles. The molecule has 0 aromatic heterocycles. The Bertz CT molecular complexity index is 1340. The van der Waals surface area contributed by atoms with Crippen LogP contribution in [0.4, 0.5) is 0 Å². The normalized spacial score (nSPS) is 25.6. The van der Waals surface area contributed by atoms with Gasteiger partial charge in [0.1, 0.15) is 0 Å². The van der Waals surface area contributed by atoms with Gasteiger partial charge in [-0.05, 0) is 98.2 Å². The molecular formula is C32H28O4. The Kier molecular flexibility index (Phi) is 5.91. The second-order valence-electron chi connectivity index (χ2n) is 10.2. The number of hydrogen-bond donors (Lipinski definition) is 0. The molecule has 0 N–H and O–H groups in total. The van der Waals surface area contributed by atoms with Crippen LogP contribution in [0, 0.1) is 39.5 Å². The van der Waals surface area contributed by atoms with Crippen molar-refractivity contribution >= 4 is 23.1 Å². The maximum atomic E-state index is 13.2. The van der Waals surface area contributed by atoms with E-state index >= 15 is 0 Å². The summed E-state index contributed by atoms with van der Waals surface area (Å²) in [6.07, 6.45) is 8.23. The minimum atomic E-state index is -0.313. The van der Waals surface area contributed by atoms with E-state index in [0.717, 1.165) is 33.4 Å². The van der Waals surface area contributed by atoms with Crippen molar-refractivity contribution in [2.45, 2.75) is 39.5 Å². The van der Waals surface area contributed by atoms with Gasteiger partial charge in [-0.2, -0.15) is 0 Å². The van der Waals surface area contributed by atoms with Crippen LogP contribution in [0.2, 0.25) is 0 Å². The Morgan fingerprint density at radius 3 is 1.28 bits per heavy atom. The standard InChI is InChI=1S/C32H28O4/c1-17-5-7-19(3)23(13-17)29-31(25-15-21(33)9-11-27(25)35)30(24-14-18(2)6-8-20(24)4)32(29)26-16-22(34)10-12-28(26)36/h5-16,29-32H,1-4H3. The summed E-state index contributed by atoms with van der Waals surface area (Å²) in [5.74, 6) is -1.87. The molecule has 0 bridgehead atoms. The van der Waals surface area contributed by atoms with Crippen LogP contribution in [-0.2, 0) is 19.2 Å². The zero-order chi connectivity index (χ0) is 25.7. The summed E-state index contributed by atoms with van der Waals surface area (Å²) in [6.45, 7) is 8.08. The molecule has 0 radical (unpaired) electrons. The first-order chi connectivity index (χ1) is 17.2. The number of hydrogen-bond acceptors (Lipinski definition) is 4. The fourth-order valence-electron chi connectivity index (χ4n) is 6.11. The van der Waals surface area contributed by atoms with Crippen LogP contribution in [0.15, 0.2) is 84.0 Å². The summed E-state index contributed by atoms with van der Waals surface area (Å²) in [5, 5.41) is 0. The van der Waals surface area contributed by atoms with Gasteiger partial charge >= 0.3 is 0 Å². The predicted molar refractivity (Wildman–Crippen MR) is 139 cm³/mol. The van der Waals surface area contributed by atoms with Gasteiger partial charge in [-0.15, -0.1) is 0 Å². The first-order valence-corrected chi connectivity index (χ1v) is 12.3. The van der Waals surface area contributed by atoms with E-state index in [1.165, 1.54) is 36.5 Å². The highest BCUT2D eigenvalue weighted by Gasteiger charge is 2.57. The summed E-state index contributed by atoms with van der Waals surface area (Å²) < 4.78 is 0. The molecule has 0 spiro atoms. The lowest BCUT2D eigenvalue weighted by atomic mass is 9.47. The molecule has 0 heterocycles. The number of benzene rings is 2. The van der Waals surface area contributed by atoms with E-state index < -0.39 is 0 Å².